The lowest BCUT2D eigenvalue weighted by Crippen LogP contribution is -2.70. The Bertz CT molecular complexity index is 1200. The van der Waals surface area contributed by atoms with E-state index in [9.17, 15) is 28.3 Å². The van der Waals surface area contributed by atoms with Gasteiger partial charge in [-0.15, -0.1) is 22.0 Å². The summed E-state index contributed by atoms with van der Waals surface area (Å²) in [6, 6.07) is -0.916. The number of aliphatic carboxylic acids is 1. The summed E-state index contributed by atoms with van der Waals surface area (Å²) in [6.07, 6.45) is -2.80. The van der Waals surface area contributed by atoms with Gasteiger partial charge in [-0.1, -0.05) is 23.1 Å². The molecule has 0 radical (unpaired) electrons. The summed E-state index contributed by atoms with van der Waals surface area (Å²) in [7, 11) is 0. The number of amides is 2. The summed E-state index contributed by atoms with van der Waals surface area (Å²) in [5.74, 6) is -1.63. The molecule has 0 spiro atoms. The van der Waals surface area contributed by atoms with E-state index in [4.69, 9.17) is 0 Å². The number of aromatic nitrogens is 4. The van der Waals surface area contributed by atoms with Crippen molar-refractivity contribution in [3.05, 3.63) is 32.1 Å². The van der Waals surface area contributed by atoms with Crippen molar-refractivity contribution in [1.29, 1.82) is 0 Å². The highest BCUT2D eigenvalue weighted by Gasteiger charge is 2.54. The van der Waals surface area contributed by atoms with Crippen LogP contribution < -0.4 is 5.32 Å². The number of hydrogen-bond acceptors (Lipinski definition) is 9. The second kappa shape index (κ2) is 9.91. The van der Waals surface area contributed by atoms with Crippen LogP contribution in [0.2, 0.25) is 0 Å². The lowest BCUT2D eigenvalue weighted by Gasteiger charge is -2.49. The number of carboxylic acids is 1. The van der Waals surface area contributed by atoms with Gasteiger partial charge in [-0.05, 0) is 35.4 Å². The van der Waals surface area contributed by atoms with E-state index in [1.54, 1.807) is 0 Å². The number of rotatable bonds is 8. The SMILES string of the molecule is Cc1nnc(SCC2=C(C(=O)O)N3C(=O)[C@@H](NC(=O)Cn4nc(C(F)F)c(Br)c4C)[C@H]3SC2)s1. The highest BCUT2D eigenvalue weighted by molar-refractivity contribution is 9.10. The van der Waals surface area contributed by atoms with Gasteiger partial charge in [-0.25, -0.2) is 13.6 Å². The highest BCUT2D eigenvalue weighted by Crippen LogP contribution is 2.41. The van der Waals surface area contributed by atoms with Crippen molar-refractivity contribution >= 4 is 68.6 Å². The standard InChI is InChI=1S/C18H17BrF2N6O4S3/c1-6-10(19)11(14(20)21)25-26(6)3-9(28)22-12-15(29)27-13(17(30)31)8(4-32-16(12)27)5-33-18-24-23-7(2)34-18/h12,14,16H,3-5H2,1-2H3,(H,22,28)(H,30,31)/t12-,16-/m1/s1. The molecule has 2 N–H and O–H groups in total. The highest BCUT2D eigenvalue weighted by atomic mass is 79.9. The first-order valence-corrected chi connectivity index (χ1v) is 13.4. The third-order valence-corrected chi connectivity index (χ3v) is 9.48. The summed E-state index contributed by atoms with van der Waals surface area (Å²) >= 11 is 7.15. The van der Waals surface area contributed by atoms with E-state index in [1.165, 1.54) is 46.7 Å². The predicted octanol–water partition coefficient (Wildman–Crippen LogP) is 2.58. The minimum Gasteiger partial charge on any atom is -0.477 e. The van der Waals surface area contributed by atoms with E-state index in [-0.39, 0.29) is 16.7 Å². The fourth-order valence-corrected chi connectivity index (χ4v) is 7.23. The average molecular weight is 595 g/mol. The molecular formula is C18H17BrF2N6O4S3. The fourth-order valence-electron chi connectivity index (χ4n) is 3.48. The normalized spacial score (nSPS) is 19.9. The zero-order valence-corrected chi connectivity index (χ0v) is 21.7. The predicted molar refractivity (Wildman–Crippen MR) is 125 cm³/mol. The lowest BCUT2D eigenvalue weighted by molar-refractivity contribution is -0.150. The van der Waals surface area contributed by atoms with Gasteiger partial charge in [0.1, 0.15) is 34.4 Å². The number of carboxylic acid groups (broad SMARTS) is 1. The van der Waals surface area contributed by atoms with Crippen molar-refractivity contribution in [3.8, 4) is 0 Å². The second-order valence-electron chi connectivity index (χ2n) is 7.33. The Morgan fingerprint density at radius 1 is 1.35 bits per heavy atom. The van der Waals surface area contributed by atoms with Crippen LogP contribution in [0.4, 0.5) is 8.78 Å². The summed E-state index contributed by atoms with van der Waals surface area (Å²) in [6.45, 7) is 3.00. The summed E-state index contributed by atoms with van der Waals surface area (Å²) in [4.78, 5) is 38.4. The Labute approximate surface area is 212 Å². The van der Waals surface area contributed by atoms with E-state index < -0.39 is 41.3 Å². The number of aryl methyl sites for hydroxylation is 1. The first-order valence-electron chi connectivity index (χ1n) is 9.71. The molecule has 2 aromatic heterocycles. The minimum atomic E-state index is -2.80. The van der Waals surface area contributed by atoms with Gasteiger partial charge in [0.25, 0.3) is 12.3 Å². The maximum Gasteiger partial charge on any atom is 0.352 e. The Hall–Kier alpha value is -2.04. The van der Waals surface area contributed by atoms with E-state index in [2.05, 4.69) is 36.5 Å². The van der Waals surface area contributed by atoms with Gasteiger partial charge in [-0.3, -0.25) is 19.2 Å². The number of fused-ring (bicyclic) bond motifs is 1. The molecule has 2 aliphatic heterocycles. The van der Waals surface area contributed by atoms with Gasteiger partial charge < -0.3 is 10.4 Å². The average Bonchev–Trinajstić information content (AvgIpc) is 3.33. The van der Waals surface area contributed by atoms with Crippen molar-refractivity contribution in [2.75, 3.05) is 11.5 Å². The minimum absolute atomic E-state index is 0.0820. The fraction of sp³-hybridized carbons (Fsp3) is 0.444. The zero-order chi connectivity index (χ0) is 24.7. The molecule has 10 nitrogen and oxygen atoms in total. The maximum atomic E-state index is 13.0. The molecule has 0 unspecified atom stereocenters. The molecule has 0 bridgehead atoms. The van der Waals surface area contributed by atoms with Crippen LogP contribution in [0.15, 0.2) is 20.1 Å². The number of alkyl halides is 2. The third-order valence-electron chi connectivity index (χ3n) is 5.10. The van der Waals surface area contributed by atoms with Crippen molar-refractivity contribution < 1.29 is 28.3 Å². The quantitative estimate of drug-likeness (QED) is 0.350. The van der Waals surface area contributed by atoms with E-state index in [0.717, 1.165) is 9.69 Å². The number of nitrogens with zero attached hydrogens (tertiary/aromatic N) is 5. The van der Waals surface area contributed by atoms with Crippen molar-refractivity contribution in [3.63, 3.8) is 0 Å². The number of halogens is 3. The molecule has 1 saturated heterocycles. The van der Waals surface area contributed by atoms with Crippen LogP contribution in [-0.4, -0.2) is 70.7 Å². The van der Waals surface area contributed by atoms with Crippen LogP contribution in [0.5, 0.6) is 0 Å². The number of carbonyl (C=O) groups is 3. The molecule has 0 aliphatic carbocycles. The Morgan fingerprint density at radius 3 is 2.68 bits per heavy atom. The second-order valence-corrected chi connectivity index (χ2v) is 11.6. The summed E-state index contributed by atoms with van der Waals surface area (Å²) in [5.41, 5.74) is 0.384. The first-order chi connectivity index (χ1) is 16.1. The molecule has 0 aromatic carbocycles. The third kappa shape index (κ3) is 4.72. The molecule has 1 fully saturated rings. The molecule has 2 atom stereocenters. The molecule has 4 heterocycles. The van der Waals surface area contributed by atoms with E-state index in [1.807, 2.05) is 6.92 Å². The van der Waals surface area contributed by atoms with Crippen LogP contribution in [0.25, 0.3) is 0 Å². The Balaban J connectivity index is 1.43. The number of hydrogen-bond donors (Lipinski definition) is 2. The smallest absolute Gasteiger partial charge is 0.352 e. The van der Waals surface area contributed by atoms with E-state index in [0.29, 0.717) is 27.1 Å². The number of thioether (sulfide) groups is 2. The van der Waals surface area contributed by atoms with Crippen LogP contribution in [0.1, 0.15) is 22.8 Å². The molecule has 182 valence electrons. The molecule has 4 rings (SSSR count). The molecular weight excluding hydrogens is 578 g/mol. The topological polar surface area (TPSA) is 130 Å². The van der Waals surface area contributed by atoms with E-state index >= 15 is 0 Å². The van der Waals surface area contributed by atoms with Crippen molar-refractivity contribution in [2.24, 2.45) is 0 Å². The van der Waals surface area contributed by atoms with Crippen LogP contribution in [-0.2, 0) is 20.9 Å². The zero-order valence-electron chi connectivity index (χ0n) is 17.6. The summed E-state index contributed by atoms with van der Waals surface area (Å²) in [5, 5.41) is 24.3. The molecule has 2 aromatic rings. The van der Waals surface area contributed by atoms with Crippen LogP contribution >= 0.6 is 50.8 Å². The van der Waals surface area contributed by atoms with Gasteiger partial charge >= 0.3 is 5.97 Å². The lowest BCUT2D eigenvalue weighted by atomic mass is 10.0. The van der Waals surface area contributed by atoms with Crippen LogP contribution in [0.3, 0.4) is 0 Å². The van der Waals surface area contributed by atoms with Crippen LogP contribution in [0, 0.1) is 13.8 Å². The monoisotopic (exact) mass is 594 g/mol. The number of β-lactam (4-membered cyclic amide) rings is 1. The Morgan fingerprint density at radius 2 is 2.09 bits per heavy atom. The Kier molecular flexibility index (Phi) is 7.30. The van der Waals surface area contributed by atoms with Crippen molar-refractivity contribution in [1.82, 2.24) is 30.2 Å². The largest absolute Gasteiger partial charge is 0.477 e. The van der Waals surface area contributed by atoms with Gasteiger partial charge in [0.2, 0.25) is 5.91 Å². The molecule has 16 heteroatoms. The number of nitrogens with one attached hydrogen (secondary N) is 1. The number of carbonyl (C=O) groups excluding carboxylic acids is 2. The van der Waals surface area contributed by atoms with Gasteiger partial charge in [0.15, 0.2) is 4.34 Å². The molecule has 0 saturated carbocycles. The maximum absolute atomic E-state index is 13.0. The van der Waals surface area contributed by atoms with Gasteiger partial charge in [0, 0.05) is 11.5 Å². The first kappa shape index (κ1) is 25.1. The van der Waals surface area contributed by atoms with Gasteiger partial charge in [0.05, 0.1) is 10.2 Å². The molecule has 2 aliphatic rings. The molecule has 34 heavy (non-hydrogen) atoms. The summed E-state index contributed by atoms with van der Waals surface area (Å²) < 4.78 is 28.0. The molecule has 2 amide bonds. The van der Waals surface area contributed by atoms with Gasteiger partial charge in [-0.2, -0.15) is 5.10 Å². The van der Waals surface area contributed by atoms with Crippen molar-refractivity contribution in [2.45, 2.75) is 42.6 Å².